The summed E-state index contributed by atoms with van der Waals surface area (Å²) in [5.74, 6) is -0.0456. The number of sulfonamides is 2. The molecular weight excluding hydrogens is 1480 g/mol. The number of rotatable bonds is 19. The van der Waals surface area contributed by atoms with Gasteiger partial charge in [-0.2, -0.15) is 44.2 Å². The molecule has 12 rings (SSSR count). The molecule has 29 nitrogen and oxygen atoms in total. The van der Waals surface area contributed by atoms with E-state index in [2.05, 4.69) is 47.4 Å². The van der Waals surface area contributed by atoms with E-state index in [0.717, 1.165) is 64.6 Å². The van der Waals surface area contributed by atoms with E-state index < -0.39 is 95.6 Å². The number of hydrogen-bond acceptors (Lipinski definition) is 24. The Morgan fingerprint density at radius 1 is 0.461 bits per heavy atom. The van der Waals surface area contributed by atoms with Gasteiger partial charge in [0, 0.05) is 45.1 Å². The van der Waals surface area contributed by atoms with E-state index in [0.29, 0.717) is 16.5 Å². The summed E-state index contributed by atoms with van der Waals surface area (Å²) in [5.41, 5.74) is 1.02. The average molecular weight is 1530 g/mol. The van der Waals surface area contributed by atoms with Crippen molar-refractivity contribution in [3.63, 3.8) is 0 Å². The Kier molecular flexibility index (Phi) is 19.9. The molecule has 0 saturated heterocycles. The number of azo groups is 2. The number of pyridine rings is 1. The van der Waals surface area contributed by atoms with Crippen LogP contribution in [0.5, 0.6) is 0 Å². The predicted molar refractivity (Wildman–Crippen MR) is 375 cm³/mol. The molecule has 0 spiro atoms. The van der Waals surface area contributed by atoms with E-state index in [4.69, 9.17) is 17.6 Å². The van der Waals surface area contributed by atoms with Crippen molar-refractivity contribution >= 4 is 170 Å². The second-order valence-corrected chi connectivity index (χ2v) is 32.2. The fourth-order valence-electron chi connectivity index (χ4n) is 10.8. The third kappa shape index (κ3) is 15.9. The number of fused-ring (bicyclic) bond motifs is 4. The lowest BCUT2D eigenvalue weighted by Gasteiger charge is -2.16. The number of aromatic nitrogens is 1. The van der Waals surface area contributed by atoms with E-state index in [1.165, 1.54) is 103 Å². The summed E-state index contributed by atoms with van der Waals surface area (Å²) in [5, 5.41) is 45.0. The Morgan fingerprint density at radius 3 is 1.67 bits per heavy atom. The Bertz CT molecular complexity index is 6530. The first-order valence-electron chi connectivity index (χ1n) is 28.7. The largest absolute Gasteiger partial charge is 0.425 e. The Hall–Kier alpha value is -11.2. The van der Waals surface area contributed by atoms with Gasteiger partial charge in [0.25, 0.3) is 60.5 Å². The first kappa shape index (κ1) is 72.1. The number of nitrogens with one attached hydrogen (secondary N) is 3. The minimum Gasteiger partial charge on any atom is -0.338 e. The fourth-order valence-corrected chi connectivity index (χ4v) is 16.5. The van der Waals surface area contributed by atoms with E-state index >= 15 is 0 Å². The van der Waals surface area contributed by atoms with Crippen molar-refractivity contribution < 1.29 is 81.3 Å². The zero-order valence-electron chi connectivity index (χ0n) is 51.5. The highest BCUT2D eigenvalue weighted by Crippen LogP contribution is 2.49. The SMILES string of the molecule is Cc1c(C#N)c(Cc2ccc(S(=O)(=O)O)cc2)nc(Nc2ccc(S(=O)(=O)O)cc2)c1N=Nc1sc(N=Nc2ccc3cc(S(=O)(=O)Nc4cc(S(=O)(=O)O)c5ccccc5c4)cc(S(=O)(=O)Nc4ccc5cccc(S(=O)(=O)O)c5c4)c3c2)c(-c2ccc3ccccc3c2)c1C#N.O=S(=O)=O. The van der Waals surface area contributed by atoms with Crippen molar-refractivity contribution in [2.45, 2.75) is 42.7 Å². The van der Waals surface area contributed by atoms with E-state index in [9.17, 15) is 79.2 Å². The molecular formula is C65H44N10O19S8. The Balaban J connectivity index is 0.00000255. The van der Waals surface area contributed by atoms with Gasteiger partial charge in [0.05, 0.1) is 42.2 Å². The van der Waals surface area contributed by atoms with E-state index in [1.54, 1.807) is 25.1 Å². The molecule has 7 N–H and O–H groups in total. The van der Waals surface area contributed by atoms with Crippen molar-refractivity contribution in [2.24, 2.45) is 20.5 Å². The molecule has 2 aromatic heterocycles. The molecule has 0 bridgehead atoms. The second-order valence-electron chi connectivity index (χ2n) is 21.9. The quantitative estimate of drug-likeness (QED) is 0.0292. The van der Waals surface area contributed by atoms with Crippen LogP contribution in [0.15, 0.2) is 244 Å². The number of anilines is 4. The molecule has 10 aromatic carbocycles. The standard InChI is InChI=1S/C65H44N10O16S7.O3S/c1-37-55(35-66)57(27-38-13-23-49(24-14-38)95(80,81)82)69-63(68-45-21-25-50(26-22-45)96(83,84)85)62(37)71-72-64-56(36-67)61(44-16-15-39-7-2-3-8-41(39)28-44)65(92-64)73-70-46-19-18-43-30-51(93(76,77)75-48-29-42-9-4-5-11-52(42)60(33-48)98(89,90)91)34-59(54(43)31-46)94(78,79)74-47-20-17-40-10-6-12-58(53(40)32-47)97(86,87)88;1-4(2)3/h2-26,28-34,74-75H,27H2,1H3,(H,68,69)(H,80,81,82)(H,83,84,85)(H,86,87,88)(H,89,90,91);. The van der Waals surface area contributed by atoms with Gasteiger partial charge in [0.15, 0.2) is 10.8 Å². The van der Waals surface area contributed by atoms with Gasteiger partial charge < -0.3 is 5.32 Å². The molecule has 0 unspecified atom stereocenters. The van der Waals surface area contributed by atoms with Gasteiger partial charge in [-0.1, -0.05) is 108 Å². The Labute approximate surface area is 585 Å². The summed E-state index contributed by atoms with van der Waals surface area (Å²) in [6.45, 7) is 1.54. The lowest BCUT2D eigenvalue weighted by Crippen LogP contribution is -2.17. The zero-order valence-corrected chi connectivity index (χ0v) is 58.0. The van der Waals surface area contributed by atoms with Crippen LogP contribution in [0, 0.1) is 29.6 Å². The molecule has 0 atom stereocenters. The van der Waals surface area contributed by atoms with E-state index in [1.807, 2.05) is 30.3 Å². The maximum atomic E-state index is 15.0. The van der Waals surface area contributed by atoms with Crippen LogP contribution in [0.25, 0.3) is 54.2 Å². The topological polar surface area (TPSA) is 483 Å². The third-order valence-electron chi connectivity index (χ3n) is 15.3. The van der Waals surface area contributed by atoms with Gasteiger partial charge in [-0.25, -0.2) is 21.8 Å². The van der Waals surface area contributed by atoms with Crippen LogP contribution in [0.1, 0.15) is 27.9 Å². The number of hydrogen-bond donors (Lipinski definition) is 7. The van der Waals surface area contributed by atoms with Gasteiger partial charge >= 0.3 is 10.6 Å². The predicted octanol–water partition coefficient (Wildman–Crippen LogP) is 13.2. The summed E-state index contributed by atoms with van der Waals surface area (Å²) >= 11 is 0.840. The highest BCUT2D eigenvalue weighted by molar-refractivity contribution is 7.93. The third-order valence-corrected chi connectivity index (χ3v) is 22.6. The van der Waals surface area contributed by atoms with Crippen LogP contribution in [-0.4, -0.2) is 86.3 Å². The molecule has 516 valence electrons. The van der Waals surface area contributed by atoms with Crippen molar-refractivity contribution in [1.82, 2.24) is 4.98 Å². The molecule has 0 aliphatic heterocycles. The number of thiophene rings is 1. The Morgan fingerprint density at radius 2 is 1.02 bits per heavy atom. The van der Waals surface area contributed by atoms with Crippen LogP contribution < -0.4 is 14.8 Å². The summed E-state index contributed by atoms with van der Waals surface area (Å²) in [7, 11) is -31.9. The van der Waals surface area contributed by atoms with Crippen LogP contribution in [0.3, 0.4) is 0 Å². The second kappa shape index (κ2) is 28.1. The zero-order chi connectivity index (χ0) is 73.4. The average Bonchev–Trinajstić information content (AvgIpc) is 1.08. The maximum Gasteiger partial charge on any atom is 0.425 e. The summed E-state index contributed by atoms with van der Waals surface area (Å²) in [6.07, 6.45) is -0.0622. The summed E-state index contributed by atoms with van der Waals surface area (Å²) in [4.78, 5) is 1.42. The van der Waals surface area contributed by atoms with Crippen LogP contribution >= 0.6 is 11.3 Å². The fraction of sp³-hybridized carbons (Fsp3) is 0.0308. The molecule has 0 aliphatic carbocycles. The number of nitrogens with zero attached hydrogens (tertiary/aromatic N) is 7. The van der Waals surface area contributed by atoms with Crippen LogP contribution in [0.2, 0.25) is 0 Å². The van der Waals surface area contributed by atoms with Crippen molar-refractivity contribution in [3.8, 4) is 23.3 Å². The van der Waals surface area contributed by atoms with Crippen molar-refractivity contribution in [2.75, 3.05) is 14.8 Å². The van der Waals surface area contributed by atoms with Gasteiger partial charge in [0.2, 0.25) is 0 Å². The molecule has 0 radical (unpaired) electrons. The van der Waals surface area contributed by atoms with Crippen molar-refractivity contribution in [3.05, 3.63) is 222 Å². The molecule has 0 amide bonds. The molecule has 12 aromatic rings. The highest BCUT2D eigenvalue weighted by atomic mass is 32.2. The highest BCUT2D eigenvalue weighted by Gasteiger charge is 2.28. The smallest absolute Gasteiger partial charge is 0.338 e. The number of nitriles is 2. The lowest BCUT2D eigenvalue weighted by atomic mass is 10.00. The normalized spacial score (nSPS) is 12.3. The van der Waals surface area contributed by atoms with Crippen molar-refractivity contribution in [1.29, 1.82) is 10.5 Å². The molecule has 0 saturated carbocycles. The first-order valence-corrected chi connectivity index (χ1v) is 39.3. The van der Waals surface area contributed by atoms with Gasteiger partial charge in [-0.15, -0.1) is 33.1 Å². The molecule has 102 heavy (non-hydrogen) atoms. The van der Waals surface area contributed by atoms with Gasteiger partial charge in [-0.3, -0.25) is 27.7 Å². The first-order chi connectivity index (χ1) is 48.1. The van der Waals surface area contributed by atoms with Gasteiger partial charge in [-0.05, 0) is 142 Å². The minimum atomic E-state index is -4.98. The molecule has 0 aliphatic rings. The maximum absolute atomic E-state index is 15.0. The van der Waals surface area contributed by atoms with E-state index in [-0.39, 0.29) is 110 Å². The lowest BCUT2D eigenvalue weighted by molar-refractivity contribution is 0.481. The molecule has 2 heterocycles. The monoisotopic (exact) mass is 1520 g/mol. The van der Waals surface area contributed by atoms with Crippen LogP contribution in [0.4, 0.5) is 44.3 Å². The molecule has 37 heteroatoms. The number of benzene rings is 10. The van der Waals surface area contributed by atoms with Gasteiger partial charge in [0.1, 0.15) is 38.2 Å². The summed E-state index contributed by atoms with van der Waals surface area (Å²) in [6, 6.07) is 48.9. The summed E-state index contributed by atoms with van der Waals surface area (Å²) < 4.78 is 226. The molecule has 0 fully saturated rings. The van der Waals surface area contributed by atoms with Crippen LogP contribution in [-0.2, 0) is 77.5 Å². The minimum absolute atomic E-state index is 0.0144.